The number of nitrogens with zero attached hydrogens (tertiary/aromatic N) is 7. The molecule has 4 heterocycles. The van der Waals surface area contributed by atoms with Crippen molar-refractivity contribution in [1.29, 1.82) is 0 Å². The summed E-state index contributed by atoms with van der Waals surface area (Å²) in [7, 11) is 1.90. The fourth-order valence-corrected chi connectivity index (χ4v) is 6.57. The summed E-state index contributed by atoms with van der Waals surface area (Å²) in [6.45, 7) is 7.38. The fraction of sp³-hybridized carbons (Fsp3) is 0.429. The number of fused-ring (bicyclic) bond motifs is 1. The van der Waals surface area contributed by atoms with Crippen molar-refractivity contribution in [2.75, 3.05) is 13.1 Å². The lowest BCUT2D eigenvalue weighted by Gasteiger charge is -2.31. The molecule has 2 amide bonds. The molecule has 1 aliphatic rings. The van der Waals surface area contributed by atoms with Gasteiger partial charge in [-0.25, -0.2) is 9.67 Å². The van der Waals surface area contributed by atoms with E-state index in [1.807, 2.05) is 25.8 Å². The maximum Gasteiger partial charge on any atom is 0.223 e. The van der Waals surface area contributed by atoms with E-state index in [1.54, 1.807) is 23.0 Å². The van der Waals surface area contributed by atoms with E-state index >= 15 is 0 Å². The van der Waals surface area contributed by atoms with Crippen molar-refractivity contribution < 1.29 is 9.59 Å². The van der Waals surface area contributed by atoms with Gasteiger partial charge >= 0.3 is 0 Å². The van der Waals surface area contributed by atoms with Crippen LogP contribution >= 0.6 is 34.8 Å². The van der Waals surface area contributed by atoms with Crippen LogP contribution in [0, 0.1) is 26.7 Å². The number of carbonyl (C=O) groups excluding carboxylic acids is 2. The molecule has 1 saturated heterocycles. The number of nitrogens with one attached hydrogen (secondary N) is 1. The van der Waals surface area contributed by atoms with Crippen LogP contribution in [0.15, 0.2) is 18.3 Å². The Morgan fingerprint density at radius 3 is 2.41 bits per heavy atom. The number of aromatic nitrogens is 6. The van der Waals surface area contributed by atoms with Crippen molar-refractivity contribution in [1.82, 2.24) is 40.0 Å². The first-order chi connectivity index (χ1) is 19.5. The van der Waals surface area contributed by atoms with E-state index in [0.717, 1.165) is 33.5 Å². The third-order valence-electron chi connectivity index (χ3n) is 7.73. The highest BCUT2D eigenvalue weighted by molar-refractivity contribution is 6.40. The van der Waals surface area contributed by atoms with Crippen molar-refractivity contribution in [3.05, 3.63) is 61.6 Å². The van der Waals surface area contributed by atoms with Crippen LogP contribution in [0.4, 0.5) is 0 Å². The molecule has 13 heteroatoms. The quantitative estimate of drug-likeness (QED) is 0.315. The normalized spacial score (nSPS) is 14.2. The van der Waals surface area contributed by atoms with E-state index in [9.17, 15) is 9.59 Å². The molecule has 3 aromatic heterocycles. The van der Waals surface area contributed by atoms with Crippen molar-refractivity contribution in [2.45, 2.75) is 53.0 Å². The minimum absolute atomic E-state index is 0.0633. The summed E-state index contributed by atoms with van der Waals surface area (Å²) in [6, 6.07) is 3.15. The molecule has 1 aliphatic heterocycles. The van der Waals surface area contributed by atoms with Gasteiger partial charge in [0.1, 0.15) is 11.4 Å². The van der Waals surface area contributed by atoms with E-state index in [-0.39, 0.29) is 24.3 Å². The lowest BCUT2D eigenvalue weighted by atomic mass is 9.95. The van der Waals surface area contributed by atoms with Gasteiger partial charge in [-0.2, -0.15) is 5.10 Å². The molecule has 0 aliphatic carbocycles. The SMILES string of the molecule is Cc1nc2c(c(C)nn2C)c(C)c1CCC(=O)N1CCC(C(=O)NCc2cn(-c3c(Cl)cc(Cl)cc3Cl)nn2)CC1. The van der Waals surface area contributed by atoms with Crippen molar-refractivity contribution >= 4 is 57.7 Å². The molecule has 10 nitrogen and oxygen atoms in total. The second-order valence-electron chi connectivity index (χ2n) is 10.5. The average molecular weight is 618 g/mol. The summed E-state index contributed by atoms with van der Waals surface area (Å²) in [5.74, 6) is -0.132. The van der Waals surface area contributed by atoms with Crippen molar-refractivity contribution in [3.8, 4) is 5.69 Å². The number of piperidine rings is 1. The maximum atomic E-state index is 13.0. The molecule has 0 bridgehead atoms. The van der Waals surface area contributed by atoms with Crippen LogP contribution in [0.5, 0.6) is 0 Å². The first kappa shape index (κ1) is 29.3. The topological polar surface area (TPSA) is 111 Å². The number of halogens is 3. The summed E-state index contributed by atoms with van der Waals surface area (Å²) in [4.78, 5) is 32.5. The van der Waals surface area contributed by atoms with Crippen LogP contribution in [-0.4, -0.2) is 59.6 Å². The molecule has 216 valence electrons. The van der Waals surface area contributed by atoms with E-state index in [1.165, 1.54) is 4.68 Å². The van der Waals surface area contributed by atoms with E-state index in [0.29, 0.717) is 65.2 Å². The Hall–Kier alpha value is -3.21. The number of amides is 2. The minimum Gasteiger partial charge on any atom is -0.350 e. The zero-order chi connectivity index (χ0) is 29.4. The summed E-state index contributed by atoms with van der Waals surface area (Å²) in [6.07, 6.45) is 3.92. The van der Waals surface area contributed by atoms with Gasteiger partial charge in [-0.3, -0.25) is 14.3 Å². The molecule has 1 aromatic carbocycles. The number of carbonyl (C=O) groups is 2. The zero-order valence-corrected chi connectivity index (χ0v) is 25.6. The number of benzene rings is 1. The number of hydrogen-bond donors (Lipinski definition) is 1. The van der Waals surface area contributed by atoms with Gasteiger partial charge in [0.2, 0.25) is 11.8 Å². The van der Waals surface area contributed by atoms with Crippen LogP contribution in [0.25, 0.3) is 16.7 Å². The van der Waals surface area contributed by atoms with Crippen molar-refractivity contribution in [2.24, 2.45) is 13.0 Å². The van der Waals surface area contributed by atoms with Gasteiger partial charge in [0.05, 0.1) is 28.5 Å². The lowest BCUT2D eigenvalue weighted by Crippen LogP contribution is -2.43. The Morgan fingerprint density at radius 1 is 1.05 bits per heavy atom. The van der Waals surface area contributed by atoms with Crippen molar-refractivity contribution in [3.63, 3.8) is 0 Å². The van der Waals surface area contributed by atoms with Crippen LogP contribution in [0.3, 0.4) is 0 Å². The fourth-order valence-electron chi connectivity index (χ4n) is 5.58. The first-order valence-corrected chi connectivity index (χ1v) is 14.6. The van der Waals surface area contributed by atoms with Crippen LogP contribution in [-0.2, 0) is 29.6 Å². The molecule has 0 radical (unpaired) electrons. The van der Waals surface area contributed by atoms with Gasteiger partial charge < -0.3 is 10.2 Å². The highest BCUT2D eigenvalue weighted by Gasteiger charge is 2.27. The second kappa shape index (κ2) is 12.0. The molecule has 1 fully saturated rings. The van der Waals surface area contributed by atoms with Crippen LogP contribution in [0.2, 0.25) is 15.1 Å². The molecule has 0 saturated carbocycles. The molecule has 0 atom stereocenters. The highest BCUT2D eigenvalue weighted by Crippen LogP contribution is 2.32. The van der Waals surface area contributed by atoms with Gasteiger partial charge in [0.25, 0.3) is 0 Å². The maximum absolute atomic E-state index is 13.0. The number of rotatable bonds is 7. The van der Waals surface area contributed by atoms with Gasteiger partial charge in [-0.1, -0.05) is 40.0 Å². The van der Waals surface area contributed by atoms with Crippen LogP contribution in [0.1, 0.15) is 47.5 Å². The molecule has 0 spiro atoms. The van der Waals surface area contributed by atoms with Gasteiger partial charge in [-0.05, 0) is 63.3 Å². The summed E-state index contributed by atoms with van der Waals surface area (Å²) in [5, 5.41) is 17.8. The second-order valence-corrected chi connectivity index (χ2v) is 11.7. The molecule has 5 rings (SSSR count). The third kappa shape index (κ3) is 6.05. The summed E-state index contributed by atoms with van der Waals surface area (Å²) in [5.41, 5.74) is 6.02. The predicted octanol–water partition coefficient (Wildman–Crippen LogP) is 4.92. The molecule has 1 N–H and O–H groups in total. The number of likely N-dealkylation sites (tertiary alicyclic amines) is 1. The molecule has 4 aromatic rings. The smallest absolute Gasteiger partial charge is 0.223 e. The first-order valence-electron chi connectivity index (χ1n) is 13.4. The largest absolute Gasteiger partial charge is 0.350 e. The number of hydrogen-bond acceptors (Lipinski definition) is 6. The Morgan fingerprint density at radius 2 is 1.73 bits per heavy atom. The predicted molar refractivity (Wildman–Crippen MR) is 159 cm³/mol. The Kier molecular flexibility index (Phi) is 8.54. The Labute approximate surface area is 252 Å². The van der Waals surface area contributed by atoms with E-state index < -0.39 is 0 Å². The third-order valence-corrected chi connectivity index (χ3v) is 8.53. The van der Waals surface area contributed by atoms with E-state index in [2.05, 4.69) is 27.7 Å². The van der Waals surface area contributed by atoms with Gasteiger partial charge in [-0.15, -0.1) is 5.10 Å². The molecular formula is C28H31Cl3N8O2. The van der Waals surface area contributed by atoms with Gasteiger partial charge in [0.15, 0.2) is 5.65 Å². The lowest BCUT2D eigenvalue weighted by molar-refractivity contribution is -0.135. The monoisotopic (exact) mass is 616 g/mol. The minimum atomic E-state index is -0.168. The molecule has 0 unspecified atom stereocenters. The summed E-state index contributed by atoms with van der Waals surface area (Å²) < 4.78 is 3.26. The number of aryl methyl sites for hydroxylation is 4. The Bertz CT molecular complexity index is 1620. The Balaban J connectivity index is 1.12. The highest BCUT2D eigenvalue weighted by atomic mass is 35.5. The summed E-state index contributed by atoms with van der Waals surface area (Å²) >= 11 is 18.5. The van der Waals surface area contributed by atoms with E-state index in [4.69, 9.17) is 39.8 Å². The van der Waals surface area contributed by atoms with Gasteiger partial charge in [0, 0.05) is 48.6 Å². The van der Waals surface area contributed by atoms with Crippen LogP contribution < -0.4 is 5.32 Å². The molecule has 41 heavy (non-hydrogen) atoms. The standard InChI is InChI=1S/C28H31Cl3N8O2/c1-15-21(16(2)33-27-25(15)17(3)35-37(27)4)5-6-24(40)38-9-7-18(8-10-38)28(41)32-13-20-14-39(36-34-20)26-22(30)11-19(29)12-23(26)31/h11-12,14,18H,5-10,13H2,1-4H3,(H,32,41). The average Bonchev–Trinajstić information content (AvgIpc) is 3.49. The number of pyridine rings is 1. The zero-order valence-electron chi connectivity index (χ0n) is 23.3. The molecular weight excluding hydrogens is 587 g/mol.